The molecule has 0 saturated carbocycles. The number of benzene rings is 1. The highest BCUT2D eigenvalue weighted by Gasteiger charge is 2.16. The van der Waals surface area contributed by atoms with Crippen molar-refractivity contribution in [3.63, 3.8) is 0 Å². The van der Waals surface area contributed by atoms with Gasteiger partial charge in [0.1, 0.15) is 23.4 Å². The number of halogens is 1. The summed E-state index contributed by atoms with van der Waals surface area (Å²) in [5.74, 6) is 0.227. The third-order valence-corrected chi connectivity index (χ3v) is 2.65. The fourth-order valence-corrected chi connectivity index (χ4v) is 1.69. The van der Waals surface area contributed by atoms with Crippen LogP contribution in [-0.2, 0) is 6.54 Å². The summed E-state index contributed by atoms with van der Waals surface area (Å²) in [6.07, 6.45) is 1.52. The average Bonchev–Trinajstić information content (AvgIpc) is 2.84. The highest BCUT2D eigenvalue weighted by Crippen LogP contribution is 2.31. The van der Waals surface area contributed by atoms with E-state index in [2.05, 4.69) is 10.3 Å². The van der Waals surface area contributed by atoms with Crippen LogP contribution in [0.15, 0.2) is 28.9 Å². The van der Waals surface area contributed by atoms with Gasteiger partial charge in [-0.15, -0.1) is 0 Å². The number of methoxy groups -OCH3 is 1. The van der Waals surface area contributed by atoms with E-state index in [1.165, 1.54) is 19.4 Å². The first-order valence-corrected chi connectivity index (χ1v) is 6.12. The normalized spacial score (nSPS) is 11.0. The zero-order chi connectivity index (χ0) is 13.8. The van der Waals surface area contributed by atoms with Crippen molar-refractivity contribution in [1.29, 1.82) is 0 Å². The number of ether oxygens (including phenoxy) is 1. The second-order valence-corrected chi connectivity index (χ2v) is 4.50. The van der Waals surface area contributed by atoms with Crippen molar-refractivity contribution >= 4 is 0 Å². The van der Waals surface area contributed by atoms with Gasteiger partial charge in [0, 0.05) is 12.6 Å². The molecule has 0 radical (unpaired) electrons. The fourth-order valence-electron chi connectivity index (χ4n) is 1.69. The number of hydrogen-bond acceptors (Lipinski definition) is 4. The molecule has 1 aromatic heterocycles. The lowest BCUT2D eigenvalue weighted by Gasteiger charge is -2.06. The molecule has 0 atom stereocenters. The summed E-state index contributed by atoms with van der Waals surface area (Å²) in [6, 6.07) is 4.97. The van der Waals surface area contributed by atoms with Crippen LogP contribution >= 0.6 is 0 Å². The van der Waals surface area contributed by atoms with Crippen LogP contribution in [0.4, 0.5) is 4.39 Å². The molecule has 5 heteroatoms. The van der Waals surface area contributed by atoms with Crippen LogP contribution in [0.2, 0.25) is 0 Å². The van der Waals surface area contributed by atoms with E-state index >= 15 is 0 Å². The van der Waals surface area contributed by atoms with Crippen molar-refractivity contribution in [3.05, 3.63) is 36.0 Å². The molecular weight excluding hydrogens is 247 g/mol. The molecule has 0 aliphatic rings. The van der Waals surface area contributed by atoms with Crippen LogP contribution in [0.3, 0.4) is 0 Å². The smallest absolute Gasteiger partial charge is 0.232 e. The van der Waals surface area contributed by atoms with E-state index in [4.69, 9.17) is 9.15 Å². The van der Waals surface area contributed by atoms with Crippen molar-refractivity contribution in [1.82, 2.24) is 10.3 Å². The van der Waals surface area contributed by atoms with Gasteiger partial charge in [-0.05, 0) is 12.1 Å². The first-order valence-electron chi connectivity index (χ1n) is 6.12. The molecule has 0 bridgehead atoms. The minimum Gasteiger partial charge on any atom is -0.496 e. The number of nitrogens with one attached hydrogen (secondary N) is 1. The maximum absolute atomic E-state index is 13.9. The van der Waals surface area contributed by atoms with Gasteiger partial charge in [0.15, 0.2) is 0 Å². The molecule has 0 unspecified atom stereocenters. The molecule has 0 saturated heterocycles. The molecule has 0 spiro atoms. The lowest BCUT2D eigenvalue weighted by molar-refractivity contribution is 0.410. The molecule has 2 rings (SSSR count). The zero-order valence-electron chi connectivity index (χ0n) is 11.2. The summed E-state index contributed by atoms with van der Waals surface area (Å²) < 4.78 is 24.3. The molecule has 0 aliphatic heterocycles. The van der Waals surface area contributed by atoms with Gasteiger partial charge in [-0.3, -0.25) is 0 Å². The van der Waals surface area contributed by atoms with Gasteiger partial charge >= 0.3 is 0 Å². The van der Waals surface area contributed by atoms with Crippen molar-refractivity contribution < 1.29 is 13.5 Å². The SMILES string of the molecule is COc1cccc(F)c1-c1nc(CNC(C)C)co1. The summed E-state index contributed by atoms with van der Waals surface area (Å²) in [5, 5.41) is 3.22. The predicted molar refractivity (Wildman–Crippen MR) is 70.4 cm³/mol. The quantitative estimate of drug-likeness (QED) is 0.901. The Morgan fingerprint density at radius 2 is 2.21 bits per heavy atom. The fraction of sp³-hybridized carbons (Fsp3) is 0.357. The van der Waals surface area contributed by atoms with Crippen molar-refractivity contribution in [3.8, 4) is 17.2 Å². The number of oxazole rings is 1. The summed E-state index contributed by atoms with van der Waals surface area (Å²) in [6.45, 7) is 4.67. The van der Waals surface area contributed by atoms with Gasteiger partial charge in [0.2, 0.25) is 5.89 Å². The van der Waals surface area contributed by atoms with Gasteiger partial charge in [-0.25, -0.2) is 9.37 Å². The lowest BCUT2D eigenvalue weighted by Crippen LogP contribution is -2.21. The first-order chi connectivity index (χ1) is 9.11. The third kappa shape index (κ3) is 3.12. The van der Waals surface area contributed by atoms with Crippen LogP contribution in [0, 0.1) is 5.82 Å². The largest absolute Gasteiger partial charge is 0.496 e. The molecule has 1 aromatic carbocycles. The van der Waals surface area contributed by atoms with Crippen LogP contribution in [-0.4, -0.2) is 18.1 Å². The second-order valence-electron chi connectivity index (χ2n) is 4.50. The monoisotopic (exact) mass is 264 g/mol. The predicted octanol–water partition coefficient (Wildman–Crippen LogP) is 2.99. The molecule has 4 nitrogen and oxygen atoms in total. The third-order valence-electron chi connectivity index (χ3n) is 2.65. The van der Waals surface area contributed by atoms with Gasteiger partial charge < -0.3 is 14.5 Å². The van der Waals surface area contributed by atoms with Gasteiger partial charge in [-0.2, -0.15) is 0 Å². The van der Waals surface area contributed by atoms with Gasteiger partial charge in [-0.1, -0.05) is 19.9 Å². The Morgan fingerprint density at radius 3 is 2.89 bits per heavy atom. The minimum absolute atomic E-state index is 0.232. The van der Waals surface area contributed by atoms with Crippen LogP contribution in [0.25, 0.3) is 11.5 Å². The summed E-state index contributed by atoms with van der Waals surface area (Å²) in [4.78, 5) is 4.27. The van der Waals surface area contributed by atoms with Gasteiger partial charge in [0.25, 0.3) is 0 Å². The summed E-state index contributed by atoms with van der Waals surface area (Å²) in [5.41, 5.74) is 0.981. The van der Waals surface area contributed by atoms with E-state index in [1.54, 1.807) is 12.1 Å². The minimum atomic E-state index is -0.412. The number of nitrogens with zero attached hydrogens (tertiary/aromatic N) is 1. The molecule has 19 heavy (non-hydrogen) atoms. The Kier molecular flexibility index (Phi) is 4.16. The van der Waals surface area contributed by atoms with Crippen molar-refractivity contribution in [2.24, 2.45) is 0 Å². The van der Waals surface area contributed by atoms with Crippen LogP contribution in [0.5, 0.6) is 5.75 Å². The van der Waals surface area contributed by atoms with E-state index in [0.717, 1.165) is 5.69 Å². The van der Waals surface area contributed by atoms with E-state index in [-0.39, 0.29) is 11.5 Å². The molecule has 102 valence electrons. The first kappa shape index (κ1) is 13.5. The van der Waals surface area contributed by atoms with E-state index < -0.39 is 5.82 Å². The van der Waals surface area contributed by atoms with E-state index in [1.807, 2.05) is 13.8 Å². The molecule has 2 aromatic rings. The molecule has 1 N–H and O–H groups in total. The molecule has 1 heterocycles. The van der Waals surface area contributed by atoms with Crippen molar-refractivity contribution in [2.45, 2.75) is 26.4 Å². The Hall–Kier alpha value is -1.88. The maximum atomic E-state index is 13.9. The standard InChI is InChI=1S/C14H17FN2O2/c1-9(2)16-7-10-8-19-14(17-10)13-11(15)5-4-6-12(13)18-3/h4-6,8-9,16H,7H2,1-3H3. The Morgan fingerprint density at radius 1 is 1.42 bits per heavy atom. The Labute approximate surface area is 111 Å². The number of hydrogen-bond donors (Lipinski definition) is 1. The molecule has 0 fully saturated rings. The zero-order valence-corrected chi connectivity index (χ0v) is 11.2. The second kappa shape index (κ2) is 5.84. The topological polar surface area (TPSA) is 47.3 Å². The Balaban J connectivity index is 2.28. The average molecular weight is 264 g/mol. The highest BCUT2D eigenvalue weighted by atomic mass is 19.1. The lowest BCUT2D eigenvalue weighted by atomic mass is 10.2. The molecular formula is C14H17FN2O2. The number of rotatable bonds is 5. The molecule has 0 aliphatic carbocycles. The van der Waals surface area contributed by atoms with E-state index in [0.29, 0.717) is 18.3 Å². The summed E-state index contributed by atoms with van der Waals surface area (Å²) in [7, 11) is 1.49. The molecule has 0 amide bonds. The number of aromatic nitrogens is 1. The van der Waals surface area contributed by atoms with E-state index in [9.17, 15) is 4.39 Å². The maximum Gasteiger partial charge on any atom is 0.232 e. The highest BCUT2D eigenvalue weighted by molar-refractivity contribution is 5.63. The van der Waals surface area contributed by atoms with Crippen molar-refractivity contribution in [2.75, 3.05) is 7.11 Å². The van der Waals surface area contributed by atoms with Gasteiger partial charge in [0.05, 0.1) is 12.8 Å². The van der Waals surface area contributed by atoms with Crippen LogP contribution in [0.1, 0.15) is 19.5 Å². The summed E-state index contributed by atoms with van der Waals surface area (Å²) >= 11 is 0. The Bertz CT molecular complexity index is 552. The van der Waals surface area contributed by atoms with Crippen LogP contribution < -0.4 is 10.1 Å².